The molecule has 9 heteroatoms. The molecule has 2 N–H and O–H groups in total. The van der Waals surface area contributed by atoms with Crippen molar-refractivity contribution in [1.82, 2.24) is 10.2 Å². The first kappa shape index (κ1) is 28.3. The zero-order valence-corrected chi connectivity index (χ0v) is 21.7. The van der Waals surface area contributed by atoms with Crippen LogP contribution in [0.1, 0.15) is 84.0 Å². The summed E-state index contributed by atoms with van der Waals surface area (Å²) in [6, 6.07) is -0.698. The average molecular weight is 503 g/mol. The van der Waals surface area contributed by atoms with Gasteiger partial charge in [0.2, 0.25) is 5.91 Å². The molecule has 0 aromatic carbocycles. The van der Waals surface area contributed by atoms with Crippen LogP contribution >= 0.6 is 25.3 Å². The third kappa shape index (κ3) is 9.32. The minimum atomic E-state index is -0.890. The number of esters is 1. The summed E-state index contributed by atoms with van der Waals surface area (Å²) in [6.45, 7) is 2.93. The quantitative estimate of drug-likeness (QED) is 0.117. The van der Waals surface area contributed by atoms with Crippen LogP contribution in [0.5, 0.6) is 0 Å². The molecule has 2 aliphatic rings. The van der Waals surface area contributed by atoms with Crippen molar-refractivity contribution in [2.75, 3.05) is 18.8 Å². The monoisotopic (exact) mass is 502 g/mol. The Bertz CT molecular complexity index is 636. The highest BCUT2D eigenvalue weighted by Gasteiger charge is 2.47. The number of carboxylic acids is 1. The molecule has 2 fully saturated rings. The second-order valence-corrected chi connectivity index (χ2v) is 10.6. The van der Waals surface area contributed by atoms with Gasteiger partial charge in [-0.1, -0.05) is 32.6 Å². The number of likely N-dealkylation sites (tertiary alicyclic amines) is 1. The molecular weight excluding hydrogens is 460 g/mol. The summed E-state index contributed by atoms with van der Waals surface area (Å²) in [5.41, 5.74) is 0. The Kier molecular flexibility index (Phi) is 13.0. The van der Waals surface area contributed by atoms with Gasteiger partial charge in [-0.05, 0) is 56.1 Å². The van der Waals surface area contributed by atoms with Crippen LogP contribution in [-0.4, -0.2) is 64.2 Å². The first-order chi connectivity index (χ1) is 15.9. The maximum Gasteiger partial charge on any atom is 0.326 e. The fourth-order valence-electron chi connectivity index (χ4n) is 5.16. The lowest BCUT2D eigenvalue weighted by Gasteiger charge is -2.27. The summed E-state index contributed by atoms with van der Waals surface area (Å²) < 4.78 is 5.59. The highest BCUT2D eigenvalue weighted by Crippen LogP contribution is 2.40. The second-order valence-electron chi connectivity index (χ2n) is 9.42. The number of hydrogen-bond donors (Lipinski definition) is 4. The molecule has 0 aromatic heterocycles. The third-order valence-electron chi connectivity index (χ3n) is 6.88. The molecule has 1 heterocycles. The van der Waals surface area contributed by atoms with Crippen LogP contribution in [0.25, 0.3) is 0 Å². The van der Waals surface area contributed by atoms with Crippen LogP contribution in [0, 0.1) is 11.8 Å². The van der Waals surface area contributed by atoms with E-state index in [1.165, 1.54) is 0 Å². The molecule has 5 unspecified atom stereocenters. The number of carbonyl (C=O) groups is 3. The standard InChI is InChI=1S/C24H42N2O5S2/c1-2-7-20(31-22(28)11-6-4-9-18(33)13-15-32)25-14-12-21(27)26-16-17-8-3-5-10-19(17)23(26)24(29)30/h17-20,23,25,32-33H,2-16H2,1H3,(H,29,30). The number of nitrogens with one attached hydrogen (secondary N) is 1. The zero-order valence-electron chi connectivity index (χ0n) is 19.9. The molecule has 1 saturated heterocycles. The summed E-state index contributed by atoms with van der Waals surface area (Å²) in [7, 11) is 0. The van der Waals surface area contributed by atoms with Crippen molar-refractivity contribution < 1.29 is 24.2 Å². The summed E-state index contributed by atoms with van der Waals surface area (Å²) >= 11 is 8.72. The molecule has 7 nitrogen and oxygen atoms in total. The van der Waals surface area contributed by atoms with Crippen LogP contribution in [-0.2, 0) is 19.1 Å². The Morgan fingerprint density at radius 1 is 1.12 bits per heavy atom. The molecule has 0 spiro atoms. The zero-order chi connectivity index (χ0) is 24.2. The number of aliphatic carboxylic acids is 1. The van der Waals surface area contributed by atoms with Crippen molar-refractivity contribution in [3.8, 4) is 0 Å². The Morgan fingerprint density at radius 2 is 1.88 bits per heavy atom. The largest absolute Gasteiger partial charge is 0.480 e. The van der Waals surface area contributed by atoms with Gasteiger partial charge in [-0.2, -0.15) is 25.3 Å². The minimum Gasteiger partial charge on any atom is -0.480 e. The normalized spacial score (nSPS) is 24.2. The lowest BCUT2D eigenvalue weighted by atomic mass is 9.78. The molecule has 33 heavy (non-hydrogen) atoms. The van der Waals surface area contributed by atoms with Crippen molar-refractivity contribution in [2.45, 2.75) is 101 Å². The molecule has 1 amide bonds. The Hall–Kier alpha value is -0.930. The Morgan fingerprint density at radius 3 is 2.58 bits per heavy atom. The van der Waals surface area contributed by atoms with E-state index in [2.05, 4.69) is 30.6 Å². The predicted octanol–water partition coefficient (Wildman–Crippen LogP) is 3.92. The summed E-state index contributed by atoms with van der Waals surface area (Å²) in [5, 5.41) is 13.2. The third-order valence-corrected chi connectivity index (χ3v) is 7.65. The summed E-state index contributed by atoms with van der Waals surface area (Å²) in [5.74, 6) is -0.0450. The van der Waals surface area contributed by atoms with Crippen LogP contribution < -0.4 is 5.32 Å². The molecule has 0 radical (unpaired) electrons. The topological polar surface area (TPSA) is 95.9 Å². The Balaban J connectivity index is 1.73. The van der Waals surface area contributed by atoms with Gasteiger partial charge >= 0.3 is 11.9 Å². The first-order valence-corrected chi connectivity index (χ1v) is 13.8. The van der Waals surface area contributed by atoms with Crippen molar-refractivity contribution in [2.24, 2.45) is 11.8 Å². The first-order valence-electron chi connectivity index (χ1n) is 12.6. The molecule has 190 valence electrons. The molecule has 1 saturated carbocycles. The van der Waals surface area contributed by atoms with Gasteiger partial charge in [0.05, 0.1) is 0 Å². The van der Waals surface area contributed by atoms with Gasteiger partial charge in [-0.25, -0.2) is 4.79 Å². The van der Waals surface area contributed by atoms with Gasteiger partial charge in [0.25, 0.3) is 0 Å². The maximum atomic E-state index is 12.8. The second kappa shape index (κ2) is 15.1. The van der Waals surface area contributed by atoms with Gasteiger partial charge < -0.3 is 14.7 Å². The van der Waals surface area contributed by atoms with Crippen LogP contribution in [0.2, 0.25) is 0 Å². The summed E-state index contributed by atoms with van der Waals surface area (Å²) in [6.07, 6.45) is 9.37. The molecule has 5 atom stereocenters. The number of ether oxygens (including phenoxy) is 1. The number of rotatable bonds is 15. The minimum absolute atomic E-state index is 0.0812. The highest BCUT2D eigenvalue weighted by atomic mass is 32.1. The molecule has 2 rings (SSSR count). The molecule has 0 bridgehead atoms. The van der Waals surface area contributed by atoms with Gasteiger partial charge in [-0.15, -0.1) is 0 Å². The number of amides is 1. The van der Waals surface area contributed by atoms with E-state index in [4.69, 9.17) is 4.74 Å². The van der Waals surface area contributed by atoms with Crippen molar-refractivity contribution in [3.05, 3.63) is 0 Å². The molecule has 0 aromatic rings. The number of carboxylic acid groups (broad SMARTS) is 1. The fraction of sp³-hybridized carbons (Fsp3) is 0.875. The highest BCUT2D eigenvalue weighted by molar-refractivity contribution is 7.81. The van der Waals surface area contributed by atoms with Gasteiger partial charge in [0, 0.05) is 31.2 Å². The Labute approximate surface area is 209 Å². The van der Waals surface area contributed by atoms with Crippen LogP contribution in [0.15, 0.2) is 0 Å². The van der Waals surface area contributed by atoms with Crippen molar-refractivity contribution in [1.29, 1.82) is 0 Å². The van der Waals surface area contributed by atoms with Gasteiger partial charge in [0.1, 0.15) is 6.04 Å². The van der Waals surface area contributed by atoms with Gasteiger partial charge in [-0.3, -0.25) is 14.9 Å². The smallest absolute Gasteiger partial charge is 0.326 e. The number of nitrogens with zero attached hydrogens (tertiary/aromatic N) is 1. The molecule has 1 aliphatic heterocycles. The van der Waals surface area contributed by atoms with E-state index in [1.807, 2.05) is 6.92 Å². The maximum absolute atomic E-state index is 12.8. The van der Waals surface area contributed by atoms with E-state index in [-0.39, 0.29) is 24.2 Å². The van der Waals surface area contributed by atoms with E-state index >= 15 is 0 Å². The number of fused-ring (bicyclic) bond motifs is 1. The van der Waals surface area contributed by atoms with E-state index in [0.29, 0.717) is 37.1 Å². The summed E-state index contributed by atoms with van der Waals surface area (Å²) in [4.78, 5) is 38.5. The SMILES string of the molecule is CCCC(NCCC(=O)N1CC2CCCCC2C1C(=O)O)OC(=O)CCCCC(S)CCS. The number of hydrogen-bond acceptors (Lipinski definition) is 7. The van der Waals surface area contributed by atoms with E-state index in [0.717, 1.165) is 63.5 Å². The fourth-order valence-corrected chi connectivity index (χ4v) is 5.99. The van der Waals surface area contributed by atoms with Gasteiger partial charge in [0.15, 0.2) is 6.23 Å². The predicted molar refractivity (Wildman–Crippen MR) is 136 cm³/mol. The van der Waals surface area contributed by atoms with Crippen molar-refractivity contribution >= 4 is 43.1 Å². The molecule has 1 aliphatic carbocycles. The van der Waals surface area contributed by atoms with E-state index < -0.39 is 18.2 Å². The van der Waals surface area contributed by atoms with Crippen LogP contribution in [0.4, 0.5) is 0 Å². The average Bonchev–Trinajstić information content (AvgIpc) is 3.17. The molecular formula is C24H42N2O5S2. The van der Waals surface area contributed by atoms with Crippen LogP contribution in [0.3, 0.4) is 0 Å². The number of unbranched alkanes of at least 4 members (excludes halogenated alkanes) is 1. The lowest BCUT2D eigenvalue weighted by Crippen LogP contribution is -2.44. The van der Waals surface area contributed by atoms with Crippen molar-refractivity contribution in [3.63, 3.8) is 0 Å². The number of carbonyl (C=O) groups excluding carboxylic acids is 2. The lowest BCUT2D eigenvalue weighted by molar-refractivity contribution is -0.152. The van der Waals surface area contributed by atoms with E-state index in [9.17, 15) is 19.5 Å². The van der Waals surface area contributed by atoms with E-state index in [1.54, 1.807) is 4.90 Å². The number of thiol groups is 2.